The van der Waals surface area contributed by atoms with Crippen LogP contribution in [-0.4, -0.2) is 19.9 Å². The molecule has 0 fully saturated rings. The van der Waals surface area contributed by atoms with E-state index in [0.717, 1.165) is 72.5 Å². The largest absolute Gasteiger partial charge is 0.457 e. The van der Waals surface area contributed by atoms with Gasteiger partial charge in [0.25, 0.3) is 0 Å². The molecule has 2 aromatic heterocycles. The lowest BCUT2D eigenvalue weighted by atomic mass is 9.65. The third-order valence-electron chi connectivity index (χ3n) is 12.1. The summed E-state index contributed by atoms with van der Waals surface area (Å²) in [5.41, 5.74) is 14.4. The molecule has 0 N–H and O–H groups in total. The van der Waals surface area contributed by atoms with Gasteiger partial charge in [-0.1, -0.05) is 164 Å². The molecule has 3 heterocycles. The molecule has 0 saturated carbocycles. The molecule has 0 atom stereocenters. The van der Waals surface area contributed by atoms with E-state index in [1.165, 1.54) is 22.3 Å². The highest BCUT2D eigenvalue weighted by Gasteiger charge is 2.51. The van der Waals surface area contributed by atoms with Crippen molar-refractivity contribution in [1.82, 2.24) is 19.9 Å². The van der Waals surface area contributed by atoms with Gasteiger partial charge in [-0.05, 0) is 75.3 Å². The van der Waals surface area contributed by atoms with Gasteiger partial charge in [-0.2, -0.15) is 0 Å². The van der Waals surface area contributed by atoms with Crippen molar-refractivity contribution < 1.29 is 4.74 Å². The topological polar surface area (TPSA) is 60.8 Å². The molecular formula is C55H34N4O. The van der Waals surface area contributed by atoms with Crippen LogP contribution in [0, 0.1) is 0 Å². The molecule has 5 heteroatoms. The number of fused-ring (bicyclic) bond motifs is 10. The molecule has 2 aliphatic rings. The third-order valence-corrected chi connectivity index (χ3v) is 12.1. The summed E-state index contributed by atoms with van der Waals surface area (Å²) in [6.45, 7) is 0. The van der Waals surface area contributed by atoms with Gasteiger partial charge in [-0.3, -0.25) is 4.98 Å². The summed E-state index contributed by atoms with van der Waals surface area (Å²) >= 11 is 0. The van der Waals surface area contributed by atoms with E-state index in [9.17, 15) is 0 Å². The molecule has 0 bridgehead atoms. The van der Waals surface area contributed by atoms with Crippen LogP contribution in [0.2, 0.25) is 0 Å². The second kappa shape index (κ2) is 13.5. The molecule has 280 valence electrons. The molecule has 0 radical (unpaired) electrons. The first-order valence-corrected chi connectivity index (χ1v) is 20.2. The highest BCUT2D eigenvalue weighted by molar-refractivity contribution is 5.95. The average molecular weight is 767 g/mol. The normalized spacial score (nSPS) is 12.9. The van der Waals surface area contributed by atoms with Crippen LogP contribution >= 0.6 is 0 Å². The van der Waals surface area contributed by atoms with Gasteiger partial charge >= 0.3 is 0 Å². The first-order chi connectivity index (χ1) is 29.7. The quantitative estimate of drug-likeness (QED) is 0.175. The Morgan fingerprint density at radius 3 is 1.47 bits per heavy atom. The second-order valence-electron chi connectivity index (χ2n) is 15.4. The number of hydrogen-bond donors (Lipinski definition) is 0. The van der Waals surface area contributed by atoms with Gasteiger partial charge in [0.1, 0.15) is 11.5 Å². The Kier molecular flexibility index (Phi) is 7.69. The van der Waals surface area contributed by atoms with Crippen molar-refractivity contribution in [3.8, 4) is 79.0 Å². The van der Waals surface area contributed by atoms with Gasteiger partial charge in [0, 0.05) is 45.0 Å². The van der Waals surface area contributed by atoms with Crippen molar-refractivity contribution in [3.63, 3.8) is 0 Å². The Morgan fingerprint density at radius 2 is 0.800 bits per heavy atom. The minimum atomic E-state index is -0.703. The van der Waals surface area contributed by atoms with Crippen molar-refractivity contribution >= 4 is 10.9 Å². The fraction of sp³-hybridized carbons (Fsp3) is 0.0182. The number of rotatable bonds is 5. The molecule has 8 aromatic carbocycles. The van der Waals surface area contributed by atoms with Crippen LogP contribution < -0.4 is 4.74 Å². The van der Waals surface area contributed by atoms with Crippen LogP contribution in [0.3, 0.4) is 0 Å². The molecule has 12 rings (SSSR count). The summed E-state index contributed by atoms with van der Waals surface area (Å²) in [6, 6.07) is 70.1. The summed E-state index contributed by atoms with van der Waals surface area (Å²) in [5, 5.41) is 1.10. The van der Waals surface area contributed by atoms with E-state index in [-0.39, 0.29) is 0 Å². The Labute approximate surface area is 347 Å². The Hall–Kier alpha value is -8.02. The molecule has 1 spiro atoms. The van der Waals surface area contributed by atoms with E-state index >= 15 is 0 Å². The molecule has 1 aliphatic heterocycles. The minimum absolute atomic E-state index is 0.588. The summed E-state index contributed by atoms with van der Waals surface area (Å²) in [4.78, 5) is 20.3. The summed E-state index contributed by atoms with van der Waals surface area (Å²) in [6.07, 6.45) is 1.87. The zero-order chi connectivity index (χ0) is 39.6. The molecule has 0 unspecified atom stereocenters. The molecule has 60 heavy (non-hydrogen) atoms. The highest BCUT2D eigenvalue weighted by atomic mass is 16.5. The maximum atomic E-state index is 6.93. The van der Waals surface area contributed by atoms with Gasteiger partial charge in [-0.25, -0.2) is 15.0 Å². The Morgan fingerprint density at radius 1 is 0.333 bits per heavy atom. The lowest BCUT2D eigenvalue weighted by Gasteiger charge is -2.40. The van der Waals surface area contributed by atoms with E-state index in [1.54, 1.807) is 0 Å². The Balaban J connectivity index is 1.08. The SMILES string of the molecule is c1ccc(-c2ccc(-c3nc(-c4ccccc4)nc(-c4ccc5c(c4)C4(c6cc(-c7cccc8cccnc78)ccc6O5)c5ccccc5-c5ccccc54)n3)cc2)cc1. The van der Waals surface area contributed by atoms with Crippen LogP contribution in [0.1, 0.15) is 22.3 Å². The van der Waals surface area contributed by atoms with Crippen LogP contribution in [0.5, 0.6) is 11.5 Å². The average Bonchev–Trinajstić information content (AvgIpc) is 3.62. The first kappa shape index (κ1) is 34.1. The van der Waals surface area contributed by atoms with Crippen molar-refractivity contribution in [2.45, 2.75) is 5.41 Å². The van der Waals surface area contributed by atoms with Crippen molar-refractivity contribution in [3.05, 3.63) is 229 Å². The van der Waals surface area contributed by atoms with Gasteiger partial charge in [0.15, 0.2) is 17.5 Å². The monoisotopic (exact) mass is 766 g/mol. The van der Waals surface area contributed by atoms with Gasteiger partial charge in [0.05, 0.1) is 10.9 Å². The van der Waals surface area contributed by atoms with Crippen molar-refractivity contribution in [1.29, 1.82) is 0 Å². The molecule has 10 aromatic rings. The summed E-state index contributed by atoms with van der Waals surface area (Å²) in [5.74, 6) is 3.43. The van der Waals surface area contributed by atoms with Crippen LogP contribution in [-0.2, 0) is 5.41 Å². The number of aromatic nitrogens is 4. The van der Waals surface area contributed by atoms with Crippen LogP contribution in [0.4, 0.5) is 0 Å². The highest BCUT2D eigenvalue weighted by Crippen LogP contribution is 2.62. The maximum Gasteiger partial charge on any atom is 0.164 e. The number of nitrogens with zero attached hydrogens (tertiary/aromatic N) is 4. The maximum absolute atomic E-state index is 6.93. The van der Waals surface area contributed by atoms with Crippen molar-refractivity contribution in [2.75, 3.05) is 0 Å². The van der Waals surface area contributed by atoms with Crippen LogP contribution in [0.15, 0.2) is 206 Å². The number of hydrogen-bond acceptors (Lipinski definition) is 5. The minimum Gasteiger partial charge on any atom is -0.457 e. The zero-order valence-electron chi connectivity index (χ0n) is 32.3. The third kappa shape index (κ3) is 5.26. The number of ether oxygens (including phenoxy) is 1. The fourth-order valence-electron chi connectivity index (χ4n) is 9.34. The molecule has 0 saturated heterocycles. The van der Waals surface area contributed by atoms with Gasteiger partial charge in [-0.15, -0.1) is 0 Å². The fourth-order valence-corrected chi connectivity index (χ4v) is 9.34. The lowest BCUT2D eigenvalue weighted by Crippen LogP contribution is -2.32. The number of benzene rings is 8. The molecular weight excluding hydrogens is 733 g/mol. The standard InChI is InChI=1S/C55H34N4O/c1-3-13-35(14-4-1)36-24-26-39(27-25-36)53-57-52(38-15-5-2-6-16-38)58-54(59-53)41-29-31-50-48(34-41)55(45-22-9-7-19-43(45)44-20-8-10-23-46(44)55)47-33-40(28-30-49(47)60-50)42-21-11-17-37-18-12-32-56-51(37)42/h1-34H. The molecule has 0 amide bonds. The van der Waals surface area contributed by atoms with Gasteiger partial charge < -0.3 is 4.74 Å². The van der Waals surface area contributed by atoms with E-state index in [2.05, 4.69) is 158 Å². The zero-order valence-corrected chi connectivity index (χ0v) is 32.3. The van der Waals surface area contributed by atoms with Gasteiger partial charge in [0.2, 0.25) is 0 Å². The van der Waals surface area contributed by atoms with E-state index < -0.39 is 5.41 Å². The number of pyridine rings is 1. The molecule has 1 aliphatic carbocycles. The van der Waals surface area contributed by atoms with E-state index in [1.807, 2.05) is 48.7 Å². The molecule has 5 nitrogen and oxygen atoms in total. The summed E-state index contributed by atoms with van der Waals surface area (Å²) < 4.78 is 6.93. The van der Waals surface area contributed by atoms with E-state index in [4.69, 9.17) is 24.7 Å². The van der Waals surface area contributed by atoms with E-state index in [0.29, 0.717) is 17.5 Å². The van der Waals surface area contributed by atoms with Crippen LogP contribution in [0.25, 0.3) is 78.4 Å². The number of para-hydroxylation sites is 1. The predicted molar refractivity (Wildman–Crippen MR) is 240 cm³/mol. The first-order valence-electron chi connectivity index (χ1n) is 20.2. The lowest BCUT2D eigenvalue weighted by molar-refractivity contribution is 0.436. The summed E-state index contributed by atoms with van der Waals surface area (Å²) in [7, 11) is 0. The van der Waals surface area contributed by atoms with Crippen molar-refractivity contribution in [2.24, 2.45) is 0 Å². The second-order valence-corrected chi connectivity index (χ2v) is 15.4. The smallest absolute Gasteiger partial charge is 0.164 e. The Bertz CT molecular complexity index is 3240. The predicted octanol–water partition coefficient (Wildman–Crippen LogP) is 13.2.